The van der Waals surface area contributed by atoms with Gasteiger partial charge in [0.2, 0.25) is 11.8 Å². The normalized spacial score (nSPS) is 17.0. The Morgan fingerprint density at radius 2 is 1.92 bits per heavy atom. The van der Waals surface area contributed by atoms with Gasteiger partial charge in [0.05, 0.1) is 5.75 Å². The van der Waals surface area contributed by atoms with Gasteiger partial charge in [0.1, 0.15) is 5.37 Å². The molecule has 2 amide bonds. The van der Waals surface area contributed by atoms with Gasteiger partial charge in [-0.2, -0.15) is 0 Å². The van der Waals surface area contributed by atoms with Crippen LogP contribution in [0.5, 0.6) is 0 Å². The molecule has 2 aromatic carbocycles. The lowest BCUT2D eigenvalue weighted by Gasteiger charge is -2.25. The Kier molecular flexibility index (Phi) is 5.13. The molecule has 0 spiro atoms. The van der Waals surface area contributed by atoms with Crippen molar-refractivity contribution >= 4 is 35.0 Å². The first-order valence-electron chi connectivity index (χ1n) is 8.39. The smallest absolute Gasteiger partial charge is 0.238 e. The Morgan fingerprint density at radius 1 is 1.20 bits per heavy atom. The van der Waals surface area contributed by atoms with Gasteiger partial charge in [-0.3, -0.25) is 14.5 Å². The number of amides is 2. The predicted molar refractivity (Wildman–Crippen MR) is 104 cm³/mol. The van der Waals surface area contributed by atoms with Crippen LogP contribution in [-0.4, -0.2) is 17.6 Å². The second-order valence-corrected chi connectivity index (χ2v) is 7.37. The highest BCUT2D eigenvalue weighted by Crippen LogP contribution is 2.42. The van der Waals surface area contributed by atoms with Gasteiger partial charge in [-0.15, -0.1) is 11.8 Å². The van der Waals surface area contributed by atoms with Gasteiger partial charge < -0.3 is 5.32 Å². The molecule has 1 N–H and O–H groups in total. The summed E-state index contributed by atoms with van der Waals surface area (Å²) in [5, 5.41) is 2.81. The molecule has 5 heteroatoms. The third-order valence-corrected chi connectivity index (χ3v) is 5.34. The number of thioether (sulfide) groups is 1. The molecule has 1 heterocycles. The number of aryl methyl sites for hydroxylation is 2. The molecule has 1 atom stereocenters. The maximum absolute atomic E-state index is 12.5. The van der Waals surface area contributed by atoms with E-state index >= 15 is 0 Å². The highest BCUT2D eigenvalue weighted by atomic mass is 32.2. The number of benzene rings is 2. The third-order valence-electron chi connectivity index (χ3n) is 4.13. The second kappa shape index (κ2) is 7.31. The SMILES string of the molecule is CCC(=O)Nc1cccc([C@@H]2SCC(=O)N2c2cc(C)cc(C)c2)c1. The van der Waals surface area contributed by atoms with Gasteiger partial charge >= 0.3 is 0 Å². The summed E-state index contributed by atoms with van der Waals surface area (Å²) in [6.45, 7) is 5.91. The molecule has 2 aromatic rings. The first kappa shape index (κ1) is 17.5. The average molecular weight is 354 g/mol. The molecule has 4 nitrogen and oxygen atoms in total. The number of anilines is 2. The molecular weight excluding hydrogens is 332 g/mol. The molecular formula is C20H22N2O2S. The van der Waals surface area contributed by atoms with Crippen molar-refractivity contribution in [1.82, 2.24) is 0 Å². The number of nitrogens with zero attached hydrogens (tertiary/aromatic N) is 1. The zero-order valence-corrected chi connectivity index (χ0v) is 15.5. The number of hydrogen-bond acceptors (Lipinski definition) is 3. The second-order valence-electron chi connectivity index (χ2n) is 6.30. The monoisotopic (exact) mass is 354 g/mol. The Bertz CT molecular complexity index is 799. The summed E-state index contributed by atoms with van der Waals surface area (Å²) < 4.78 is 0. The fraction of sp³-hybridized carbons (Fsp3) is 0.300. The van der Waals surface area contributed by atoms with Crippen LogP contribution in [0.1, 0.15) is 35.4 Å². The summed E-state index contributed by atoms with van der Waals surface area (Å²) in [6, 6.07) is 14.0. The molecule has 1 fully saturated rings. The summed E-state index contributed by atoms with van der Waals surface area (Å²) in [6.07, 6.45) is 0.440. The molecule has 1 aliphatic rings. The fourth-order valence-electron chi connectivity index (χ4n) is 3.06. The van der Waals surface area contributed by atoms with Crippen LogP contribution in [0.4, 0.5) is 11.4 Å². The molecule has 130 valence electrons. The van der Waals surface area contributed by atoms with Crippen molar-refractivity contribution in [2.24, 2.45) is 0 Å². The van der Waals surface area contributed by atoms with E-state index in [1.54, 1.807) is 11.8 Å². The van der Waals surface area contributed by atoms with Crippen LogP contribution in [0.25, 0.3) is 0 Å². The summed E-state index contributed by atoms with van der Waals surface area (Å²) in [5.41, 5.74) is 5.00. The maximum atomic E-state index is 12.5. The van der Waals surface area contributed by atoms with Crippen molar-refractivity contribution in [3.63, 3.8) is 0 Å². The van der Waals surface area contributed by atoms with Crippen molar-refractivity contribution in [2.45, 2.75) is 32.6 Å². The maximum Gasteiger partial charge on any atom is 0.238 e. The fourth-order valence-corrected chi connectivity index (χ4v) is 4.23. The number of carbonyl (C=O) groups is 2. The van der Waals surface area contributed by atoms with Crippen LogP contribution < -0.4 is 10.2 Å². The van der Waals surface area contributed by atoms with E-state index in [-0.39, 0.29) is 17.2 Å². The van der Waals surface area contributed by atoms with Crippen molar-refractivity contribution in [3.05, 3.63) is 59.2 Å². The van der Waals surface area contributed by atoms with Crippen LogP contribution in [0, 0.1) is 13.8 Å². The van der Waals surface area contributed by atoms with E-state index in [0.717, 1.165) is 28.1 Å². The molecule has 0 bridgehead atoms. The lowest BCUT2D eigenvalue weighted by molar-refractivity contribution is -0.116. The van der Waals surface area contributed by atoms with Crippen molar-refractivity contribution < 1.29 is 9.59 Å². The van der Waals surface area contributed by atoms with E-state index in [4.69, 9.17) is 0 Å². The van der Waals surface area contributed by atoms with E-state index < -0.39 is 0 Å². The minimum atomic E-state index is -0.0767. The lowest BCUT2D eigenvalue weighted by Crippen LogP contribution is -2.28. The Balaban J connectivity index is 1.94. The minimum absolute atomic E-state index is 0.0153. The van der Waals surface area contributed by atoms with E-state index in [0.29, 0.717) is 12.2 Å². The van der Waals surface area contributed by atoms with E-state index in [9.17, 15) is 9.59 Å². The quantitative estimate of drug-likeness (QED) is 0.883. The van der Waals surface area contributed by atoms with Crippen molar-refractivity contribution in [1.29, 1.82) is 0 Å². The number of carbonyl (C=O) groups excluding carboxylic acids is 2. The summed E-state index contributed by atoms with van der Waals surface area (Å²) >= 11 is 1.62. The Morgan fingerprint density at radius 3 is 2.60 bits per heavy atom. The first-order valence-corrected chi connectivity index (χ1v) is 9.44. The number of hydrogen-bond donors (Lipinski definition) is 1. The molecule has 0 aromatic heterocycles. The molecule has 3 rings (SSSR count). The van der Waals surface area contributed by atoms with E-state index in [1.165, 1.54) is 0 Å². The Labute approximate surface area is 152 Å². The molecule has 0 aliphatic carbocycles. The third kappa shape index (κ3) is 3.87. The van der Waals surface area contributed by atoms with Crippen LogP contribution in [0.2, 0.25) is 0 Å². The zero-order valence-electron chi connectivity index (χ0n) is 14.7. The zero-order chi connectivity index (χ0) is 18.0. The van der Waals surface area contributed by atoms with Crippen LogP contribution >= 0.6 is 11.8 Å². The molecule has 0 unspecified atom stereocenters. The molecule has 1 aliphatic heterocycles. The Hall–Kier alpha value is -2.27. The lowest BCUT2D eigenvalue weighted by atomic mass is 10.1. The summed E-state index contributed by atoms with van der Waals surface area (Å²) in [7, 11) is 0. The van der Waals surface area contributed by atoms with Gasteiger partial charge in [-0.05, 0) is 54.8 Å². The molecule has 1 saturated heterocycles. The first-order chi connectivity index (χ1) is 12.0. The van der Waals surface area contributed by atoms with Crippen molar-refractivity contribution in [3.8, 4) is 0 Å². The molecule has 25 heavy (non-hydrogen) atoms. The van der Waals surface area contributed by atoms with E-state index in [1.807, 2.05) is 62.1 Å². The van der Waals surface area contributed by atoms with Crippen molar-refractivity contribution in [2.75, 3.05) is 16.0 Å². The van der Waals surface area contributed by atoms with Gasteiger partial charge in [0.15, 0.2) is 0 Å². The molecule has 0 saturated carbocycles. The summed E-state index contributed by atoms with van der Waals surface area (Å²) in [5.74, 6) is 0.560. The highest BCUT2D eigenvalue weighted by Gasteiger charge is 2.34. The largest absolute Gasteiger partial charge is 0.326 e. The topological polar surface area (TPSA) is 49.4 Å². The highest BCUT2D eigenvalue weighted by molar-refractivity contribution is 8.00. The number of nitrogens with one attached hydrogen (secondary N) is 1. The predicted octanol–water partition coefficient (Wildman–Crippen LogP) is 4.43. The van der Waals surface area contributed by atoms with Gasteiger partial charge in [0, 0.05) is 17.8 Å². The number of rotatable bonds is 4. The summed E-state index contributed by atoms with van der Waals surface area (Å²) in [4.78, 5) is 26.0. The van der Waals surface area contributed by atoms with Crippen LogP contribution in [0.15, 0.2) is 42.5 Å². The van der Waals surface area contributed by atoms with Crippen LogP contribution in [0.3, 0.4) is 0 Å². The minimum Gasteiger partial charge on any atom is -0.326 e. The van der Waals surface area contributed by atoms with E-state index in [2.05, 4.69) is 11.4 Å². The molecule has 0 radical (unpaired) electrons. The standard InChI is InChI=1S/C20H22N2O2S/c1-4-18(23)21-16-7-5-6-15(11-16)20-22(19(24)12-25-20)17-9-13(2)8-14(3)10-17/h5-11,20H,4,12H2,1-3H3,(H,21,23)/t20-/m0/s1. The van der Waals surface area contributed by atoms with Gasteiger partial charge in [-0.1, -0.05) is 25.1 Å². The van der Waals surface area contributed by atoms with Gasteiger partial charge in [-0.25, -0.2) is 0 Å². The van der Waals surface area contributed by atoms with Crippen LogP contribution in [-0.2, 0) is 9.59 Å². The average Bonchev–Trinajstić information content (AvgIpc) is 2.95. The van der Waals surface area contributed by atoms with Gasteiger partial charge in [0.25, 0.3) is 0 Å².